The highest BCUT2D eigenvalue weighted by Gasteiger charge is 2.22. The molecule has 2 saturated heterocycles. The van der Waals surface area contributed by atoms with Gasteiger partial charge >= 0.3 is 0 Å². The summed E-state index contributed by atoms with van der Waals surface area (Å²) in [5, 5.41) is 15.2. The van der Waals surface area contributed by atoms with Crippen LogP contribution in [0.5, 0.6) is 5.88 Å². The van der Waals surface area contributed by atoms with E-state index >= 15 is 0 Å². The van der Waals surface area contributed by atoms with E-state index in [1.54, 1.807) is 19.5 Å². The molecule has 2 aliphatic rings. The molecule has 0 aliphatic carbocycles. The fraction of sp³-hybridized carbons (Fsp3) is 0.333. The van der Waals surface area contributed by atoms with Crippen LogP contribution in [0.15, 0.2) is 55.0 Å². The highest BCUT2D eigenvalue weighted by molar-refractivity contribution is 6.39. The van der Waals surface area contributed by atoms with Gasteiger partial charge in [0.2, 0.25) is 11.8 Å². The largest absolute Gasteiger partial charge is 0.481 e. The van der Waals surface area contributed by atoms with Crippen molar-refractivity contribution in [2.45, 2.75) is 32.0 Å². The molecule has 2 fully saturated rings. The maximum absolute atomic E-state index is 11.5. The lowest BCUT2D eigenvalue weighted by Gasteiger charge is -2.26. The van der Waals surface area contributed by atoms with Crippen molar-refractivity contribution in [3.8, 4) is 39.5 Å². The minimum Gasteiger partial charge on any atom is -0.481 e. The van der Waals surface area contributed by atoms with Crippen molar-refractivity contribution in [3.63, 3.8) is 0 Å². The number of hydrogen-bond acceptors (Lipinski definition) is 7. The third-order valence-corrected chi connectivity index (χ3v) is 8.39. The molecule has 1 aromatic carbocycles. The molecule has 41 heavy (non-hydrogen) atoms. The molecule has 0 spiro atoms. The van der Waals surface area contributed by atoms with Crippen LogP contribution in [0.2, 0.25) is 10.0 Å². The van der Waals surface area contributed by atoms with Crippen molar-refractivity contribution < 1.29 is 9.53 Å². The van der Waals surface area contributed by atoms with E-state index in [0.29, 0.717) is 52.7 Å². The van der Waals surface area contributed by atoms with Gasteiger partial charge in [0.05, 0.1) is 34.7 Å². The first-order valence-electron chi connectivity index (χ1n) is 13.7. The Morgan fingerprint density at radius 2 is 1.93 bits per heavy atom. The van der Waals surface area contributed by atoms with E-state index in [9.17, 15) is 4.79 Å². The van der Waals surface area contributed by atoms with Crippen molar-refractivity contribution in [2.75, 3.05) is 26.7 Å². The summed E-state index contributed by atoms with van der Waals surface area (Å²) in [5.41, 5.74) is 5.48. The lowest BCUT2D eigenvalue weighted by molar-refractivity contribution is -0.119. The topological polar surface area (TPSA) is 106 Å². The SMILES string of the molecule is COc1nc(-c2cccc(-c3ccnc(-c4cnn(CC5CNC5)c4)c3Cl)c2Cl)ccc1CNCC1CCC(=O)N1. The lowest BCUT2D eigenvalue weighted by atomic mass is 10.00. The van der Waals surface area contributed by atoms with Gasteiger partial charge in [-0.15, -0.1) is 0 Å². The van der Waals surface area contributed by atoms with Gasteiger partial charge in [0.15, 0.2) is 0 Å². The van der Waals surface area contributed by atoms with Crippen LogP contribution in [0.1, 0.15) is 18.4 Å². The number of methoxy groups -OCH3 is 1. The van der Waals surface area contributed by atoms with Gasteiger partial charge in [-0.1, -0.05) is 47.5 Å². The normalized spacial score (nSPS) is 17.0. The van der Waals surface area contributed by atoms with Crippen molar-refractivity contribution >= 4 is 29.1 Å². The number of halogens is 2. The Morgan fingerprint density at radius 1 is 1.10 bits per heavy atom. The number of nitrogens with zero attached hydrogens (tertiary/aromatic N) is 4. The van der Waals surface area contributed by atoms with Gasteiger partial charge in [-0.25, -0.2) is 4.98 Å². The standard InChI is InChI=1S/C30H31Cl2N7O2/c1-41-30-19(13-34-15-21-6-8-26(40)37-21)5-7-25(38-30)24-4-2-3-22(27(24)31)23-9-10-35-29(28(23)32)20-14-36-39(17-20)16-18-11-33-12-18/h2-5,7,9-10,14,17-18,21,33-34H,6,8,11-13,15-16H2,1H3,(H,37,40). The minimum absolute atomic E-state index is 0.108. The Kier molecular flexibility index (Phi) is 8.20. The Labute approximate surface area is 248 Å². The molecule has 0 saturated carbocycles. The molecule has 1 atom stereocenters. The first kappa shape index (κ1) is 27.7. The first-order valence-corrected chi connectivity index (χ1v) is 14.5. The van der Waals surface area contributed by atoms with Crippen LogP contribution in [0.25, 0.3) is 33.6 Å². The van der Waals surface area contributed by atoms with Gasteiger partial charge < -0.3 is 20.7 Å². The second-order valence-electron chi connectivity index (χ2n) is 10.5. The summed E-state index contributed by atoms with van der Waals surface area (Å²) in [4.78, 5) is 20.8. The van der Waals surface area contributed by atoms with Crippen LogP contribution < -0.4 is 20.7 Å². The van der Waals surface area contributed by atoms with E-state index in [4.69, 9.17) is 32.9 Å². The van der Waals surface area contributed by atoms with Gasteiger partial charge in [0.1, 0.15) is 0 Å². The van der Waals surface area contributed by atoms with Crippen LogP contribution in [-0.4, -0.2) is 58.4 Å². The summed E-state index contributed by atoms with van der Waals surface area (Å²) in [5.74, 6) is 1.22. The summed E-state index contributed by atoms with van der Waals surface area (Å²) >= 11 is 13.9. The fourth-order valence-corrected chi connectivity index (χ4v) is 5.91. The second kappa shape index (κ2) is 12.2. The summed E-state index contributed by atoms with van der Waals surface area (Å²) in [6, 6.07) is 11.8. The number of nitrogens with one attached hydrogen (secondary N) is 3. The van der Waals surface area contributed by atoms with E-state index < -0.39 is 0 Å². The third kappa shape index (κ3) is 5.94. The third-order valence-electron chi connectivity index (χ3n) is 7.60. The number of amides is 1. The average molecular weight is 593 g/mol. The molecule has 3 aromatic heterocycles. The molecule has 11 heteroatoms. The average Bonchev–Trinajstić information content (AvgIpc) is 3.60. The molecular formula is C30H31Cl2N7O2. The van der Waals surface area contributed by atoms with E-state index in [1.165, 1.54) is 0 Å². The zero-order chi connectivity index (χ0) is 28.3. The molecule has 6 rings (SSSR count). The minimum atomic E-state index is 0.108. The zero-order valence-corrected chi connectivity index (χ0v) is 24.2. The number of rotatable bonds is 10. The molecule has 1 unspecified atom stereocenters. The molecule has 2 aliphatic heterocycles. The van der Waals surface area contributed by atoms with Crippen LogP contribution >= 0.6 is 23.2 Å². The molecule has 4 aromatic rings. The predicted molar refractivity (Wildman–Crippen MR) is 160 cm³/mol. The predicted octanol–water partition coefficient (Wildman–Crippen LogP) is 4.58. The Morgan fingerprint density at radius 3 is 2.68 bits per heavy atom. The molecule has 1 amide bonds. The van der Waals surface area contributed by atoms with Crippen molar-refractivity contribution in [2.24, 2.45) is 5.92 Å². The number of aromatic nitrogens is 4. The van der Waals surface area contributed by atoms with Crippen LogP contribution in [-0.2, 0) is 17.9 Å². The second-order valence-corrected chi connectivity index (χ2v) is 11.2. The number of pyridine rings is 2. The first-order chi connectivity index (χ1) is 20.0. The van der Waals surface area contributed by atoms with Crippen molar-refractivity contribution in [1.82, 2.24) is 35.7 Å². The monoisotopic (exact) mass is 591 g/mol. The van der Waals surface area contributed by atoms with Gasteiger partial charge in [0.25, 0.3) is 0 Å². The van der Waals surface area contributed by atoms with E-state index in [0.717, 1.165) is 53.9 Å². The Balaban J connectivity index is 1.23. The fourth-order valence-electron chi connectivity index (χ4n) is 5.26. The summed E-state index contributed by atoms with van der Waals surface area (Å²) in [6.45, 7) is 4.15. The van der Waals surface area contributed by atoms with E-state index in [-0.39, 0.29) is 11.9 Å². The van der Waals surface area contributed by atoms with Gasteiger partial charge in [-0.2, -0.15) is 5.10 Å². The molecule has 212 valence electrons. The maximum Gasteiger partial charge on any atom is 0.220 e. The number of hydrogen-bond donors (Lipinski definition) is 3. The summed E-state index contributed by atoms with van der Waals surface area (Å²) in [6.07, 6.45) is 6.97. The van der Waals surface area contributed by atoms with E-state index in [2.05, 4.69) is 26.0 Å². The summed E-state index contributed by atoms with van der Waals surface area (Å²) < 4.78 is 7.57. The van der Waals surface area contributed by atoms with Gasteiger partial charge in [-0.05, 0) is 18.6 Å². The molecular weight excluding hydrogens is 561 g/mol. The molecule has 0 bridgehead atoms. The smallest absolute Gasteiger partial charge is 0.220 e. The number of benzene rings is 1. The number of carbonyl (C=O) groups is 1. The summed E-state index contributed by atoms with van der Waals surface area (Å²) in [7, 11) is 1.61. The van der Waals surface area contributed by atoms with Gasteiger partial charge in [-0.3, -0.25) is 14.5 Å². The highest BCUT2D eigenvalue weighted by Crippen LogP contribution is 2.41. The zero-order valence-electron chi connectivity index (χ0n) is 22.7. The Hall–Kier alpha value is -3.50. The quantitative estimate of drug-likeness (QED) is 0.248. The Bertz CT molecular complexity index is 1570. The maximum atomic E-state index is 11.5. The molecule has 5 heterocycles. The molecule has 3 N–H and O–H groups in total. The molecule has 9 nitrogen and oxygen atoms in total. The van der Waals surface area contributed by atoms with Crippen LogP contribution in [0.3, 0.4) is 0 Å². The van der Waals surface area contributed by atoms with Crippen LogP contribution in [0.4, 0.5) is 0 Å². The number of ether oxygens (including phenoxy) is 1. The lowest BCUT2D eigenvalue weighted by Crippen LogP contribution is -2.44. The van der Waals surface area contributed by atoms with E-state index in [1.807, 2.05) is 47.3 Å². The molecule has 0 radical (unpaired) electrons. The number of carbonyl (C=O) groups excluding carboxylic acids is 1. The van der Waals surface area contributed by atoms with Gasteiger partial charge in [0, 0.05) is 91.3 Å². The van der Waals surface area contributed by atoms with Crippen molar-refractivity contribution in [1.29, 1.82) is 0 Å². The van der Waals surface area contributed by atoms with Crippen molar-refractivity contribution in [3.05, 3.63) is 70.6 Å². The highest BCUT2D eigenvalue weighted by atomic mass is 35.5. The van der Waals surface area contributed by atoms with Crippen LogP contribution in [0, 0.1) is 5.92 Å².